The number of rotatable bonds is 6. The Morgan fingerprint density at radius 1 is 0.660 bits per heavy atom. The van der Waals surface area contributed by atoms with E-state index >= 15 is 0 Å². The van der Waals surface area contributed by atoms with E-state index in [0.29, 0.717) is 0 Å². The Labute approximate surface area is 315 Å². The summed E-state index contributed by atoms with van der Waals surface area (Å²) in [6, 6.07) is 55.2. The summed E-state index contributed by atoms with van der Waals surface area (Å²) in [5.41, 5.74) is 13.8. The van der Waals surface area contributed by atoms with E-state index in [2.05, 4.69) is 187 Å². The third-order valence-electron chi connectivity index (χ3n) is 11.0. The van der Waals surface area contributed by atoms with Gasteiger partial charge in [-0.25, -0.2) is 0 Å². The highest BCUT2D eigenvalue weighted by atomic mass is 32.1. The Hall–Kier alpha value is -5.78. The number of allylic oxidation sites excluding steroid dienone is 4. The molecule has 1 N–H and O–H groups in total. The summed E-state index contributed by atoms with van der Waals surface area (Å²) in [6.45, 7) is 0. The molecule has 1 aliphatic carbocycles. The number of hydrogen-bond acceptors (Lipinski definition) is 2. The highest BCUT2D eigenvalue weighted by molar-refractivity contribution is 7.20. The van der Waals surface area contributed by atoms with Gasteiger partial charge in [-0.3, -0.25) is 0 Å². The molecule has 256 valence electrons. The third-order valence-corrected chi connectivity index (χ3v) is 12.3. The number of benzene rings is 6. The molecular weight excluding hydrogens is 663 g/mol. The van der Waals surface area contributed by atoms with Crippen molar-refractivity contribution >= 4 is 50.1 Å². The smallest absolute Gasteiger partial charge is 0.129 e. The van der Waals surface area contributed by atoms with E-state index in [9.17, 15) is 0 Å². The number of nitrogens with one attached hydrogen (secondary N) is 1. The zero-order chi connectivity index (χ0) is 35.1. The van der Waals surface area contributed by atoms with Crippen LogP contribution in [0.1, 0.15) is 51.4 Å². The van der Waals surface area contributed by atoms with Crippen LogP contribution in [0, 0.1) is 0 Å². The molecule has 0 amide bonds. The normalized spacial score (nSPS) is 20.7. The fourth-order valence-corrected chi connectivity index (χ4v) is 9.59. The molecule has 3 aliphatic rings. The Balaban J connectivity index is 1.04. The zero-order valence-corrected chi connectivity index (χ0v) is 30.2. The van der Waals surface area contributed by atoms with E-state index in [0.717, 1.165) is 24.9 Å². The summed E-state index contributed by atoms with van der Waals surface area (Å²) in [7, 11) is 0. The van der Waals surface area contributed by atoms with Crippen LogP contribution in [0.3, 0.4) is 0 Å². The maximum atomic E-state index is 5.23. The van der Waals surface area contributed by atoms with E-state index in [1.165, 1.54) is 75.8 Å². The molecule has 0 spiro atoms. The lowest BCUT2D eigenvalue weighted by molar-refractivity contribution is -0.927. The van der Waals surface area contributed by atoms with Crippen LogP contribution in [0.4, 0.5) is 17.1 Å². The number of fused-ring (bicyclic) bond motifs is 4. The van der Waals surface area contributed by atoms with Crippen LogP contribution < -0.4 is 9.80 Å². The minimum absolute atomic E-state index is 0.0564. The van der Waals surface area contributed by atoms with E-state index in [-0.39, 0.29) is 12.3 Å². The quantitative estimate of drug-likeness (QED) is 0.183. The van der Waals surface area contributed by atoms with Crippen molar-refractivity contribution in [3.63, 3.8) is 0 Å². The van der Waals surface area contributed by atoms with Crippen molar-refractivity contribution in [1.29, 1.82) is 0 Å². The van der Waals surface area contributed by atoms with Gasteiger partial charge in [0.15, 0.2) is 0 Å². The average Bonchev–Trinajstić information content (AvgIpc) is 3.59. The van der Waals surface area contributed by atoms with Gasteiger partial charge in [-0.15, -0.1) is 11.3 Å². The first-order valence-corrected chi connectivity index (χ1v) is 19.4. The van der Waals surface area contributed by atoms with Crippen LogP contribution >= 0.6 is 11.3 Å². The second-order valence-corrected chi connectivity index (χ2v) is 15.2. The molecule has 2 unspecified atom stereocenters. The number of anilines is 2. The van der Waals surface area contributed by atoms with Crippen LogP contribution in [0.25, 0.3) is 38.2 Å². The lowest BCUT2D eigenvalue weighted by atomic mass is 9.95. The van der Waals surface area contributed by atoms with Crippen LogP contribution in [0.15, 0.2) is 176 Å². The second kappa shape index (κ2) is 13.6. The highest BCUT2D eigenvalue weighted by Gasteiger charge is 2.35. The minimum atomic E-state index is 0.0564. The fraction of sp³-hybridized carbons (Fsp3) is 0.102. The van der Waals surface area contributed by atoms with Crippen LogP contribution in [0.2, 0.25) is 0 Å². The summed E-state index contributed by atoms with van der Waals surface area (Å²) >= 11 is 1.98. The molecular formula is C49H39N3S. The van der Waals surface area contributed by atoms with Crippen LogP contribution in [-0.2, 0) is 12.8 Å². The van der Waals surface area contributed by atoms with Crippen molar-refractivity contribution in [2.45, 2.75) is 31.6 Å². The molecule has 0 saturated carbocycles. The molecule has 3 nitrogen and oxygen atoms in total. The highest BCUT2D eigenvalue weighted by Crippen LogP contribution is 2.43. The van der Waals surface area contributed by atoms with Crippen molar-refractivity contribution in [2.24, 2.45) is 0 Å². The lowest BCUT2D eigenvalue weighted by Gasteiger charge is -2.58. The average molecular weight is 702 g/mol. The van der Waals surface area contributed by atoms with Gasteiger partial charge in [0.05, 0.1) is 0 Å². The predicted octanol–water partition coefficient (Wildman–Crippen LogP) is 12.1. The molecule has 2 atom stereocenters. The predicted molar refractivity (Wildman–Crippen MR) is 223 cm³/mol. The summed E-state index contributed by atoms with van der Waals surface area (Å²) in [6.07, 6.45) is 14.8. The van der Waals surface area contributed by atoms with Gasteiger partial charge in [0.1, 0.15) is 5.69 Å². The van der Waals surface area contributed by atoms with Gasteiger partial charge < -0.3 is 15.1 Å². The van der Waals surface area contributed by atoms with E-state index in [1.54, 1.807) is 0 Å². The standard InChI is InChI=1S/C49H38N3S/c1-4-13-34(14-5-1)35-23-24-39-33-38(42-20-12-21-44-43-19-10-11-22-46(43)53-47(42)44)25-30-45(39)51(32-31-35)40-26-28-41(29-27-40)52-48(36-15-6-2-7-16-36)50-49(52)37-17-8-3-9-18-37/h1-10,12-21,23,25-33,48-49H,11,22,24H2/q-1/p+1/b32-31-,35-23+. The molecule has 2 aliphatic heterocycles. The first kappa shape index (κ1) is 31.9. The van der Waals surface area contributed by atoms with Gasteiger partial charge in [0, 0.05) is 57.0 Å². The Kier molecular flexibility index (Phi) is 8.22. The molecule has 0 radical (unpaired) electrons. The summed E-state index contributed by atoms with van der Waals surface area (Å²) in [5, 5.41) is 6.60. The Morgan fingerprint density at radius 3 is 2.11 bits per heavy atom. The number of quaternary nitrogens is 1. The monoisotopic (exact) mass is 701 g/mol. The van der Waals surface area contributed by atoms with Crippen molar-refractivity contribution in [2.75, 3.05) is 4.90 Å². The first-order chi connectivity index (χ1) is 26.3. The molecule has 0 bridgehead atoms. The Morgan fingerprint density at radius 2 is 1.38 bits per heavy atom. The van der Waals surface area contributed by atoms with Gasteiger partial charge in [-0.1, -0.05) is 133 Å². The van der Waals surface area contributed by atoms with E-state index in [1.807, 2.05) is 11.3 Å². The van der Waals surface area contributed by atoms with Crippen LogP contribution in [0.5, 0.6) is 0 Å². The third kappa shape index (κ3) is 5.86. The molecule has 1 fully saturated rings. The minimum Gasteiger partial charge on any atom is -0.548 e. The fourth-order valence-electron chi connectivity index (χ4n) is 8.25. The maximum absolute atomic E-state index is 5.23. The van der Waals surface area contributed by atoms with E-state index in [4.69, 9.17) is 5.32 Å². The van der Waals surface area contributed by atoms with Gasteiger partial charge in [-0.05, 0) is 94.1 Å². The largest absolute Gasteiger partial charge is 0.548 e. The Bertz CT molecular complexity index is 2470. The van der Waals surface area contributed by atoms with Crippen molar-refractivity contribution in [3.05, 3.63) is 214 Å². The maximum Gasteiger partial charge on any atom is 0.129 e. The summed E-state index contributed by atoms with van der Waals surface area (Å²) < 4.78 is 1.39. The number of thiophene rings is 1. The number of aryl methyl sites for hydroxylation is 1. The molecule has 4 heteroatoms. The van der Waals surface area contributed by atoms with Gasteiger partial charge in [-0.2, -0.15) is 0 Å². The van der Waals surface area contributed by atoms with Crippen LogP contribution in [-0.4, -0.2) is 0 Å². The second-order valence-electron chi connectivity index (χ2n) is 14.1. The summed E-state index contributed by atoms with van der Waals surface area (Å²) in [4.78, 5) is 5.24. The molecule has 3 heterocycles. The summed E-state index contributed by atoms with van der Waals surface area (Å²) in [5.74, 6) is 0. The van der Waals surface area contributed by atoms with Gasteiger partial charge in [0.2, 0.25) is 0 Å². The zero-order valence-electron chi connectivity index (χ0n) is 29.4. The van der Waals surface area contributed by atoms with Crippen molar-refractivity contribution in [3.8, 4) is 11.1 Å². The van der Waals surface area contributed by atoms with Crippen molar-refractivity contribution < 1.29 is 4.90 Å². The lowest BCUT2D eigenvalue weighted by Crippen LogP contribution is -3.13. The first-order valence-electron chi connectivity index (χ1n) is 18.6. The SMILES string of the molecule is C1=Cc2c(sc3c(-c4ccc5c(c4)C/C=C(c4ccccc4)\C=C/N5c4ccc([NH+]5C(c6ccccc6)[N-]C5c5ccccc5)cc4)cccc23)CC1. The molecule has 1 saturated heterocycles. The number of hydrogen-bond donors (Lipinski definition) is 1. The topological polar surface area (TPSA) is 21.8 Å². The number of nitrogens with zero attached hydrogens (tertiary/aromatic N) is 2. The van der Waals surface area contributed by atoms with Crippen molar-refractivity contribution in [1.82, 2.24) is 0 Å². The van der Waals surface area contributed by atoms with Gasteiger partial charge >= 0.3 is 0 Å². The molecule has 7 aromatic rings. The molecule has 1 aromatic heterocycles. The molecule has 53 heavy (non-hydrogen) atoms. The molecule has 6 aromatic carbocycles. The molecule has 10 rings (SSSR count). The van der Waals surface area contributed by atoms with E-state index < -0.39 is 0 Å². The van der Waals surface area contributed by atoms with Gasteiger partial charge in [0.25, 0.3) is 0 Å².